The van der Waals surface area contributed by atoms with Crippen LogP contribution in [0.1, 0.15) is 51.5 Å². The minimum atomic E-state index is -0.390. The van der Waals surface area contributed by atoms with Gasteiger partial charge in [0.25, 0.3) is 5.91 Å². The van der Waals surface area contributed by atoms with E-state index in [1.165, 1.54) is 0 Å². The minimum Gasteiger partial charge on any atom is -0.504 e. The van der Waals surface area contributed by atoms with Gasteiger partial charge in [0.05, 0.1) is 29.4 Å². The van der Waals surface area contributed by atoms with Gasteiger partial charge in [0.2, 0.25) is 5.91 Å². The number of amides is 2. The Kier molecular flexibility index (Phi) is 8.76. The SMILES string of the molecule is O=C1CCc2ccc(O)c(c2)Oc2ccc3c(c2)CCN(C(=O)c2cc(-c4cccnc4)nc4ccccc24)C3c2ccc(cc2)OCCCN1. The predicted molar refractivity (Wildman–Crippen MR) is 194 cm³/mol. The van der Waals surface area contributed by atoms with Gasteiger partial charge in [-0.2, -0.15) is 0 Å². The van der Waals surface area contributed by atoms with Crippen molar-refractivity contribution < 1.29 is 24.2 Å². The number of benzene rings is 4. The second-order valence-corrected chi connectivity index (χ2v) is 12.9. The largest absolute Gasteiger partial charge is 0.504 e. The first-order chi connectivity index (χ1) is 25.0. The van der Waals surface area contributed by atoms with Crippen LogP contribution in [-0.4, -0.2) is 51.5 Å². The van der Waals surface area contributed by atoms with Crippen molar-refractivity contribution in [3.05, 3.63) is 143 Å². The summed E-state index contributed by atoms with van der Waals surface area (Å²) in [6.45, 7) is 1.42. The van der Waals surface area contributed by atoms with Gasteiger partial charge in [-0.05, 0) is 102 Å². The smallest absolute Gasteiger partial charge is 0.255 e. The van der Waals surface area contributed by atoms with E-state index < -0.39 is 0 Å². The molecule has 2 amide bonds. The van der Waals surface area contributed by atoms with Gasteiger partial charge in [-0.1, -0.05) is 42.5 Å². The number of aryl methyl sites for hydroxylation is 1. The van der Waals surface area contributed by atoms with E-state index in [1.807, 2.05) is 89.8 Å². The van der Waals surface area contributed by atoms with Gasteiger partial charge in [-0.15, -0.1) is 0 Å². The molecular weight excluding hydrogens is 640 g/mol. The molecule has 6 heterocycles. The lowest BCUT2D eigenvalue weighted by Crippen LogP contribution is -2.40. The molecule has 0 spiro atoms. The maximum absolute atomic E-state index is 14.9. The molecular formula is C42H36N4O5. The predicted octanol–water partition coefficient (Wildman–Crippen LogP) is 7.41. The van der Waals surface area contributed by atoms with Gasteiger partial charge >= 0.3 is 0 Å². The summed E-state index contributed by atoms with van der Waals surface area (Å²) in [6, 6.07) is 32.0. The first-order valence-electron chi connectivity index (χ1n) is 17.2. The number of fused-ring (bicyclic) bond motifs is 2. The second kappa shape index (κ2) is 14.0. The Hall–Kier alpha value is -6.22. The van der Waals surface area contributed by atoms with Gasteiger partial charge in [0.1, 0.15) is 11.5 Å². The normalized spacial score (nSPS) is 16.1. The number of phenolic OH excluding ortho intramolecular Hbond substituents is 1. The summed E-state index contributed by atoms with van der Waals surface area (Å²) < 4.78 is 12.3. The van der Waals surface area contributed by atoms with Crippen LogP contribution in [0.15, 0.2) is 116 Å². The van der Waals surface area contributed by atoms with E-state index in [1.54, 1.807) is 30.6 Å². The molecule has 0 aliphatic carbocycles. The zero-order chi connectivity index (χ0) is 34.7. The third kappa shape index (κ3) is 6.70. The van der Waals surface area contributed by atoms with Crippen molar-refractivity contribution in [1.29, 1.82) is 0 Å². The van der Waals surface area contributed by atoms with Gasteiger partial charge < -0.3 is 24.8 Å². The topological polar surface area (TPSA) is 114 Å². The fourth-order valence-corrected chi connectivity index (χ4v) is 6.92. The number of carbonyl (C=O) groups excluding carboxylic acids is 2. The second-order valence-electron chi connectivity index (χ2n) is 12.9. The van der Waals surface area contributed by atoms with Crippen LogP contribution in [0.5, 0.6) is 23.0 Å². The van der Waals surface area contributed by atoms with Crippen molar-refractivity contribution in [2.75, 3.05) is 19.7 Å². The summed E-state index contributed by atoms with van der Waals surface area (Å²) in [7, 11) is 0. The average molecular weight is 677 g/mol. The Morgan fingerprint density at radius 2 is 1.75 bits per heavy atom. The number of carbonyl (C=O) groups is 2. The summed E-state index contributed by atoms with van der Waals surface area (Å²) in [5, 5.41) is 14.4. The molecule has 4 aromatic carbocycles. The number of hydrogen-bond donors (Lipinski definition) is 2. The molecule has 0 saturated heterocycles. The van der Waals surface area contributed by atoms with E-state index >= 15 is 0 Å². The fourth-order valence-electron chi connectivity index (χ4n) is 6.92. The Morgan fingerprint density at radius 3 is 2.61 bits per heavy atom. The zero-order valence-electron chi connectivity index (χ0n) is 27.9. The summed E-state index contributed by atoms with van der Waals surface area (Å²) in [5.41, 5.74) is 6.71. The zero-order valence-corrected chi connectivity index (χ0v) is 27.9. The Labute approximate surface area is 295 Å². The maximum atomic E-state index is 14.9. The number of nitrogens with one attached hydrogen (secondary N) is 1. The molecule has 4 aliphatic heterocycles. The first-order valence-corrected chi connectivity index (χ1v) is 17.2. The Bertz CT molecular complexity index is 2240. The molecule has 0 fully saturated rings. The van der Waals surface area contributed by atoms with Crippen LogP contribution in [-0.2, 0) is 17.6 Å². The monoisotopic (exact) mass is 676 g/mol. The number of para-hydroxylation sites is 1. The number of phenols is 1. The number of nitrogens with zero attached hydrogens (tertiary/aromatic N) is 3. The summed E-state index contributed by atoms with van der Waals surface area (Å²) in [5.74, 6) is 1.50. The van der Waals surface area contributed by atoms with E-state index in [0.29, 0.717) is 73.9 Å². The molecule has 10 rings (SSSR count). The number of ether oxygens (including phenoxy) is 2. The number of rotatable bonds is 2. The lowest BCUT2D eigenvalue weighted by atomic mass is 9.87. The van der Waals surface area contributed by atoms with Gasteiger partial charge in [-0.25, -0.2) is 4.98 Å². The number of hydrogen-bond acceptors (Lipinski definition) is 7. The van der Waals surface area contributed by atoms with Crippen molar-refractivity contribution in [3.8, 4) is 34.3 Å². The molecule has 0 saturated carbocycles. The highest BCUT2D eigenvalue weighted by Gasteiger charge is 2.34. The Balaban J connectivity index is 1.20. The molecule has 1 unspecified atom stereocenters. The standard InChI is InChI=1S/C42H36N4O5/c47-38-16-8-27-9-17-40(48)44-20-4-22-50-31-12-10-28(11-13-31)41-33-15-14-32(51-39(38)23-27)24-29(33)18-21-46(41)42(49)35-25-37(30-5-3-19-43-26-30)45-36-7-2-1-6-34(35)36/h1-3,5-8,10-16,19,23-26,41,47H,4,9,17-18,20-22H2,(H,44,48). The molecule has 9 nitrogen and oxygen atoms in total. The van der Waals surface area contributed by atoms with Gasteiger partial charge in [-0.3, -0.25) is 14.6 Å². The number of aromatic nitrogens is 2. The molecule has 4 aliphatic rings. The van der Waals surface area contributed by atoms with E-state index in [0.717, 1.165) is 38.7 Å². The number of pyridine rings is 2. The third-order valence-corrected chi connectivity index (χ3v) is 9.51. The van der Waals surface area contributed by atoms with Gasteiger partial charge in [0, 0.05) is 42.9 Å². The lowest BCUT2D eigenvalue weighted by molar-refractivity contribution is -0.121. The first kappa shape index (κ1) is 32.0. The highest BCUT2D eigenvalue weighted by Crippen LogP contribution is 2.41. The van der Waals surface area contributed by atoms with Crippen LogP contribution in [0.25, 0.3) is 22.2 Å². The third-order valence-electron chi connectivity index (χ3n) is 9.51. The summed E-state index contributed by atoms with van der Waals surface area (Å²) >= 11 is 0. The van der Waals surface area contributed by atoms with E-state index in [2.05, 4.69) is 10.3 Å². The molecule has 254 valence electrons. The highest BCUT2D eigenvalue weighted by atomic mass is 16.5. The van der Waals surface area contributed by atoms with Crippen LogP contribution < -0.4 is 14.8 Å². The highest BCUT2D eigenvalue weighted by molar-refractivity contribution is 6.07. The van der Waals surface area contributed by atoms with Crippen LogP contribution in [0.4, 0.5) is 0 Å². The fraction of sp³-hybridized carbons (Fsp3) is 0.190. The van der Waals surface area contributed by atoms with Crippen LogP contribution in [0, 0.1) is 0 Å². The van der Waals surface area contributed by atoms with Crippen molar-refractivity contribution in [2.45, 2.75) is 31.7 Å². The molecule has 8 bridgehead atoms. The van der Waals surface area contributed by atoms with Crippen molar-refractivity contribution in [3.63, 3.8) is 0 Å². The van der Waals surface area contributed by atoms with Crippen molar-refractivity contribution in [2.24, 2.45) is 0 Å². The molecule has 2 aromatic heterocycles. The summed E-state index contributed by atoms with van der Waals surface area (Å²) in [6.07, 6.45) is 5.58. The quantitative estimate of drug-likeness (QED) is 0.196. The molecule has 9 heteroatoms. The average Bonchev–Trinajstić information content (AvgIpc) is 3.17. The lowest BCUT2D eigenvalue weighted by Gasteiger charge is -2.38. The van der Waals surface area contributed by atoms with E-state index in [4.69, 9.17) is 14.5 Å². The molecule has 51 heavy (non-hydrogen) atoms. The Morgan fingerprint density at radius 1 is 0.882 bits per heavy atom. The van der Waals surface area contributed by atoms with Crippen LogP contribution >= 0.6 is 0 Å². The molecule has 0 radical (unpaired) electrons. The molecule has 2 N–H and O–H groups in total. The van der Waals surface area contributed by atoms with Crippen molar-refractivity contribution in [1.82, 2.24) is 20.2 Å². The van der Waals surface area contributed by atoms with E-state index in [-0.39, 0.29) is 23.6 Å². The van der Waals surface area contributed by atoms with Gasteiger partial charge in [0.15, 0.2) is 11.5 Å². The number of aromatic hydroxyl groups is 1. The van der Waals surface area contributed by atoms with Crippen LogP contribution in [0.2, 0.25) is 0 Å². The van der Waals surface area contributed by atoms with E-state index in [9.17, 15) is 14.7 Å². The van der Waals surface area contributed by atoms with Crippen molar-refractivity contribution >= 4 is 22.7 Å². The molecule has 6 aromatic rings. The maximum Gasteiger partial charge on any atom is 0.255 e. The van der Waals surface area contributed by atoms with Crippen LogP contribution in [0.3, 0.4) is 0 Å². The minimum absolute atomic E-state index is 0.0179. The summed E-state index contributed by atoms with van der Waals surface area (Å²) in [4.78, 5) is 38.5. The molecule has 1 atom stereocenters.